The maximum atomic E-state index is 13.1. The molecule has 0 bridgehead atoms. The molecule has 1 spiro atoms. The van der Waals surface area contributed by atoms with Gasteiger partial charge in [0.25, 0.3) is 0 Å². The van der Waals surface area contributed by atoms with Crippen LogP contribution in [0.25, 0.3) is 0 Å². The molecule has 0 aromatic heterocycles. The van der Waals surface area contributed by atoms with Gasteiger partial charge in [0.15, 0.2) is 0 Å². The molecule has 4 heteroatoms. The molecule has 132 valence electrons. The van der Waals surface area contributed by atoms with Crippen LogP contribution in [-0.4, -0.2) is 42.5 Å². The summed E-state index contributed by atoms with van der Waals surface area (Å²) in [5.41, 5.74) is 7.54. The third kappa shape index (κ3) is 3.18. The van der Waals surface area contributed by atoms with Crippen LogP contribution in [-0.2, 0) is 4.79 Å². The predicted molar refractivity (Wildman–Crippen MR) is 96.4 cm³/mol. The molecule has 3 unspecified atom stereocenters. The van der Waals surface area contributed by atoms with Crippen molar-refractivity contribution in [2.24, 2.45) is 23.0 Å². The first-order valence-electron chi connectivity index (χ1n) is 9.65. The Morgan fingerprint density at radius 3 is 2.88 bits per heavy atom. The van der Waals surface area contributed by atoms with E-state index >= 15 is 0 Å². The zero-order valence-corrected chi connectivity index (χ0v) is 14.9. The first-order valence-corrected chi connectivity index (χ1v) is 9.65. The summed E-state index contributed by atoms with van der Waals surface area (Å²) in [6.07, 6.45) is 13.3. The third-order valence-electron chi connectivity index (χ3n) is 6.42. The lowest BCUT2D eigenvalue weighted by Crippen LogP contribution is -2.58. The van der Waals surface area contributed by atoms with Crippen molar-refractivity contribution in [3.05, 3.63) is 23.8 Å². The van der Waals surface area contributed by atoms with Crippen molar-refractivity contribution < 1.29 is 4.79 Å². The summed E-state index contributed by atoms with van der Waals surface area (Å²) < 4.78 is 0. The topological polar surface area (TPSA) is 58.4 Å². The monoisotopic (exact) mass is 329 g/mol. The van der Waals surface area contributed by atoms with Gasteiger partial charge in [-0.05, 0) is 70.4 Å². The normalized spacial score (nSPS) is 33.8. The van der Waals surface area contributed by atoms with E-state index < -0.39 is 0 Å². The second kappa shape index (κ2) is 5.99. The molecule has 4 rings (SSSR count). The molecule has 0 aromatic rings. The van der Waals surface area contributed by atoms with Crippen LogP contribution < -0.4 is 11.1 Å². The fourth-order valence-electron chi connectivity index (χ4n) is 4.97. The van der Waals surface area contributed by atoms with Crippen LogP contribution in [0.4, 0.5) is 0 Å². The van der Waals surface area contributed by atoms with Crippen molar-refractivity contribution in [3.63, 3.8) is 0 Å². The molecule has 4 aliphatic rings. The van der Waals surface area contributed by atoms with E-state index in [-0.39, 0.29) is 11.0 Å². The van der Waals surface area contributed by atoms with Crippen molar-refractivity contribution in [1.82, 2.24) is 10.2 Å². The first-order chi connectivity index (χ1) is 11.5. The van der Waals surface area contributed by atoms with Gasteiger partial charge in [0.05, 0.1) is 5.41 Å². The molecule has 2 heterocycles. The molecule has 2 aliphatic carbocycles. The van der Waals surface area contributed by atoms with Crippen molar-refractivity contribution >= 4 is 5.91 Å². The summed E-state index contributed by atoms with van der Waals surface area (Å²) in [5.74, 6) is 1.92. The summed E-state index contributed by atoms with van der Waals surface area (Å²) in [4.78, 5) is 15.2. The Hall–Kier alpha value is -1.13. The SMILES string of the molecule is CC(N)(CC1=CC2CC2C=C1)CN1CCCC2(CCNCC2)C1=O. The number of hydrogen-bond acceptors (Lipinski definition) is 3. The summed E-state index contributed by atoms with van der Waals surface area (Å²) in [6.45, 7) is 5.61. The van der Waals surface area contributed by atoms with Gasteiger partial charge in [-0.1, -0.05) is 23.8 Å². The van der Waals surface area contributed by atoms with Crippen LogP contribution in [0.2, 0.25) is 0 Å². The third-order valence-corrected chi connectivity index (χ3v) is 6.42. The number of nitrogens with zero attached hydrogens (tertiary/aromatic N) is 1. The minimum absolute atomic E-state index is 0.106. The van der Waals surface area contributed by atoms with E-state index in [2.05, 4.69) is 35.4 Å². The zero-order chi connectivity index (χ0) is 16.8. The molecule has 2 aliphatic heterocycles. The number of piperidine rings is 2. The van der Waals surface area contributed by atoms with Gasteiger partial charge >= 0.3 is 0 Å². The standard InChI is InChI=1S/C20H31N3O/c1-19(21,13-15-3-4-16-12-17(16)11-15)14-23-10-2-5-20(18(23)24)6-8-22-9-7-20/h3-4,11,16-17,22H,2,5-10,12-14,21H2,1H3. The number of carbonyl (C=O) groups is 1. The van der Waals surface area contributed by atoms with E-state index in [0.717, 1.165) is 63.6 Å². The number of rotatable bonds is 4. The predicted octanol–water partition coefficient (Wildman–Crippen LogP) is 2.22. The number of nitrogens with one attached hydrogen (secondary N) is 1. The molecule has 2 saturated heterocycles. The number of fused-ring (bicyclic) bond motifs is 1. The van der Waals surface area contributed by atoms with Crippen molar-refractivity contribution in [2.75, 3.05) is 26.2 Å². The van der Waals surface area contributed by atoms with Gasteiger partial charge in [-0.25, -0.2) is 0 Å². The second-order valence-electron chi connectivity index (χ2n) is 8.86. The molecule has 3 N–H and O–H groups in total. The first kappa shape index (κ1) is 16.3. The Morgan fingerprint density at radius 2 is 2.12 bits per heavy atom. The number of likely N-dealkylation sites (tertiary alicyclic amines) is 1. The lowest BCUT2D eigenvalue weighted by atomic mass is 9.72. The molecule has 0 aromatic carbocycles. The van der Waals surface area contributed by atoms with E-state index in [0.29, 0.717) is 12.5 Å². The summed E-state index contributed by atoms with van der Waals surface area (Å²) in [6, 6.07) is 0. The van der Waals surface area contributed by atoms with Crippen LogP contribution in [0.1, 0.15) is 45.4 Å². The molecule has 24 heavy (non-hydrogen) atoms. The van der Waals surface area contributed by atoms with Gasteiger partial charge in [0.1, 0.15) is 0 Å². The van der Waals surface area contributed by atoms with Crippen LogP contribution in [0.3, 0.4) is 0 Å². The maximum absolute atomic E-state index is 13.1. The largest absolute Gasteiger partial charge is 0.340 e. The Bertz CT molecular complexity index is 566. The molecule has 1 amide bonds. The van der Waals surface area contributed by atoms with Gasteiger partial charge in [0.2, 0.25) is 5.91 Å². The highest BCUT2D eigenvalue weighted by molar-refractivity contribution is 5.83. The fourth-order valence-corrected chi connectivity index (χ4v) is 4.97. The van der Waals surface area contributed by atoms with Crippen LogP contribution in [0.15, 0.2) is 23.8 Å². The van der Waals surface area contributed by atoms with E-state index in [9.17, 15) is 4.79 Å². The lowest BCUT2D eigenvalue weighted by molar-refractivity contribution is -0.149. The Kier molecular flexibility index (Phi) is 4.08. The summed E-state index contributed by atoms with van der Waals surface area (Å²) in [5, 5.41) is 3.39. The van der Waals surface area contributed by atoms with Crippen molar-refractivity contribution in [1.29, 1.82) is 0 Å². The number of allylic oxidation sites excluding steroid dienone is 3. The van der Waals surface area contributed by atoms with Crippen molar-refractivity contribution in [2.45, 2.75) is 51.0 Å². The molecule has 1 saturated carbocycles. The van der Waals surface area contributed by atoms with Gasteiger partial charge in [-0.3, -0.25) is 4.79 Å². The Morgan fingerprint density at radius 1 is 1.33 bits per heavy atom. The highest BCUT2D eigenvalue weighted by Gasteiger charge is 2.45. The number of carbonyl (C=O) groups excluding carboxylic acids is 1. The van der Waals surface area contributed by atoms with Crippen LogP contribution in [0.5, 0.6) is 0 Å². The van der Waals surface area contributed by atoms with E-state index in [1.807, 2.05) is 0 Å². The maximum Gasteiger partial charge on any atom is 0.228 e. The highest BCUT2D eigenvalue weighted by Crippen LogP contribution is 2.45. The highest BCUT2D eigenvalue weighted by atomic mass is 16.2. The van der Waals surface area contributed by atoms with Gasteiger partial charge in [-0.15, -0.1) is 0 Å². The smallest absolute Gasteiger partial charge is 0.228 e. The average Bonchev–Trinajstić information content (AvgIpc) is 3.31. The Labute approximate surface area is 145 Å². The molecule has 0 radical (unpaired) electrons. The van der Waals surface area contributed by atoms with Crippen LogP contribution in [0, 0.1) is 17.3 Å². The molecular weight excluding hydrogens is 298 g/mol. The van der Waals surface area contributed by atoms with Gasteiger partial charge in [-0.2, -0.15) is 0 Å². The molecule has 3 fully saturated rings. The van der Waals surface area contributed by atoms with E-state index in [1.165, 1.54) is 12.0 Å². The number of hydrogen-bond donors (Lipinski definition) is 2. The zero-order valence-electron chi connectivity index (χ0n) is 14.9. The molecule has 3 atom stereocenters. The summed E-state index contributed by atoms with van der Waals surface area (Å²) >= 11 is 0. The van der Waals surface area contributed by atoms with E-state index in [4.69, 9.17) is 5.73 Å². The Balaban J connectivity index is 1.41. The minimum Gasteiger partial charge on any atom is -0.340 e. The average molecular weight is 329 g/mol. The van der Waals surface area contributed by atoms with E-state index in [1.54, 1.807) is 0 Å². The number of amides is 1. The molecular formula is C20H31N3O. The summed E-state index contributed by atoms with van der Waals surface area (Å²) in [7, 11) is 0. The van der Waals surface area contributed by atoms with Gasteiger partial charge in [0, 0.05) is 18.6 Å². The fraction of sp³-hybridized carbons (Fsp3) is 0.750. The van der Waals surface area contributed by atoms with Crippen LogP contribution >= 0.6 is 0 Å². The van der Waals surface area contributed by atoms with Crippen molar-refractivity contribution in [3.8, 4) is 0 Å². The number of nitrogens with two attached hydrogens (primary N) is 1. The second-order valence-corrected chi connectivity index (χ2v) is 8.86. The minimum atomic E-state index is -0.348. The van der Waals surface area contributed by atoms with Gasteiger partial charge < -0.3 is 16.0 Å². The quantitative estimate of drug-likeness (QED) is 0.831. The lowest BCUT2D eigenvalue weighted by Gasteiger charge is -2.46. The molecule has 4 nitrogen and oxygen atoms in total.